The van der Waals surface area contributed by atoms with Gasteiger partial charge in [0, 0.05) is 25.2 Å². The number of hydrogen-bond donors (Lipinski definition) is 0. The van der Waals surface area contributed by atoms with Crippen LogP contribution in [0.2, 0.25) is 0 Å². The summed E-state index contributed by atoms with van der Waals surface area (Å²) in [5.74, 6) is 0.497. The Morgan fingerprint density at radius 3 is 1.52 bits per heavy atom. The first-order chi connectivity index (χ1) is 19.5. The molecule has 0 spiro atoms. The number of rotatable bonds is 6. The lowest BCUT2D eigenvalue weighted by atomic mass is 9.93. The number of thiophene rings is 4. The van der Waals surface area contributed by atoms with Crippen molar-refractivity contribution in [1.29, 1.82) is 0 Å². The van der Waals surface area contributed by atoms with Gasteiger partial charge >= 0.3 is 0 Å². The summed E-state index contributed by atoms with van der Waals surface area (Å²) in [5.41, 5.74) is 11.2. The minimum absolute atomic E-state index is 0.497. The maximum Gasteiger partial charge on any atom is 0.0635 e. The second-order valence-electron chi connectivity index (χ2n) is 10.7. The molecular formula is C35H31NS4. The average Bonchev–Trinajstić information content (AvgIpc) is 3.77. The Morgan fingerprint density at radius 1 is 0.625 bits per heavy atom. The summed E-state index contributed by atoms with van der Waals surface area (Å²) in [5, 5.41) is 4.33. The highest BCUT2D eigenvalue weighted by Crippen LogP contribution is 2.50. The molecule has 1 aromatic carbocycles. The van der Waals surface area contributed by atoms with E-state index in [9.17, 15) is 0 Å². The molecule has 0 fully saturated rings. The summed E-state index contributed by atoms with van der Waals surface area (Å²) in [6, 6.07) is 27.5. The van der Waals surface area contributed by atoms with E-state index >= 15 is 0 Å². The van der Waals surface area contributed by atoms with Crippen LogP contribution in [0.1, 0.15) is 55.0 Å². The molecule has 0 N–H and O–H groups in total. The van der Waals surface area contributed by atoms with E-state index in [1.807, 2.05) is 22.7 Å². The van der Waals surface area contributed by atoms with Crippen LogP contribution in [0.15, 0.2) is 83.6 Å². The molecular weight excluding hydrogens is 563 g/mol. The molecule has 5 heteroatoms. The van der Waals surface area contributed by atoms with Gasteiger partial charge in [-0.15, -0.1) is 45.3 Å². The van der Waals surface area contributed by atoms with Crippen LogP contribution >= 0.6 is 45.3 Å². The van der Waals surface area contributed by atoms with Gasteiger partial charge in [-0.25, -0.2) is 0 Å². The molecule has 0 amide bonds. The molecule has 6 aromatic rings. The first-order valence-corrected chi connectivity index (χ1v) is 17.1. The zero-order valence-electron chi connectivity index (χ0n) is 23.2. The maximum atomic E-state index is 2.43. The molecule has 0 bridgehead atoms. The summed E-state index contributed by atoms with van der Waals surface area (Å²) in [6.07, 6.45) is 2.20. The third-order valence-corrected chi connectivity index (χ3v) is 11.8. The molecule has 7 rings (SSSR count). The van der Waals surface area contributed by atoms with Gasteiger partial charge in [-0.2, -0.15) is 0 Å². The fraction of sp³-hybridized carbons (Fsp3) is 0.200. The van der Waals surface area contributed by atoms with Crippen LogP contribution in [0.5, 0.6) is 0 Å². The number of aromatic nitrogens is 1. The molecule has 200 valence electrons. The fourth-order valence-corrected chi connectivity index (χ4v) is 9.68. The van der Waals surface area contributed by atoms with Crippen LogP contribution < -0.4 is 0 Å². The second-order valence-corrected chi connectivity index (χ2v) is 15.5. The van der Waals surface area contributed by atoms with Crippen LogP contribution in [0.3, 0.4) is 0 Å². The van der Waals surface area contributed by atoms with E-state index in [1.165, 1.54) is 63.0 Å². The largest absolute Gasteiger partial charge is 0.308 e. The summed E-state index contributed by atoms with van der Waals surface area (Å²) >= 11 is 7.45. The van der Waals surface area contributed by atoms with Gasteiger partial charge in [0.25, 0.3) is 0 Å². The third-order valence-electron chi connectivity index (χ3n) is 8.05. The SMILES string of the molecule is Cc1cc(C2=C(c3cc(C)sc3C)CC(c3ccc(-n4c(-c5cccs5)ccc4-c4cccs4)cc3)C2)c(C)s1. The van der Waals surface area contributed by atoms with Crippen molar-refractivity contribution >= 4 is 56.5 Å². The lowest BCUT2D eigenvalue weighted by Gasteiger charge is -2.16. The van der Waals surface area contributed by atoms with Gasteiger partial charge in [0.2, 0.25) is 0 Å². The van der Waals surface area contributed by atoms with Crippen LogP contribution in [0, 0.1) is 27.7 Å². The van der Waals surface area contributed by atoms with Gasteiger partial charge in [0.15, 0.2) is 0 Å². The van der Waals surface area contributed by atoms with Crippen LogP contribution in [-0.4, -0.2) is 4.57 Å². The van der Waals surface area contributed by atoms with Gasteiger partial charge in [0.1, 0.15) is 0 Å². The summed E-state index contributed by atoms with van der Waals surface area (Å²) in [4.78, 5) is 8.29. The number of nitrogens with zero attached hydrogens (tertiary/aromatic N) is 1. The van der Waals surface area contributed by atoms with Gasteiger partial charge in [0.05, 0.1) is 21.1 Å². The van der Waals surface area contributed by atoms with E-state index in [0.717, 1.165) is 12.8 Å². The minimum atomic E-state index is 0.497. The van der Waals surface area contributed by atoms with Crippen LogP contribution in [0.4, 0.5) is 0 Å². The molecule has 0 saturated heterocycles. The molecule has 1 nitrogen and oxygen atoms in total. The Kier molecular flexibility index (Phi) is 6.79. The van der Waals surface area contributed by atoms with Crippen LogP contribution in [-0.2, 0) is 0 Å². The second kappa shape index (κ2) is 10.5. The molecule has 0 radical (unpaired) electrons. The molecule has 0 saturated carbocycles. The first kappa shape index (κ1) is 26.0. The van der Waals surface area contributed by atoms with E-state index in [2.05, 4.69) is 116 Å². The predicted molar refractivity (Wildman–Crippen MR) is 179 cm³/mol. The van der Waals surface area contributed by atoms with Gasteiger partial charge in [-0.3, -0.25) is 0 Å². The molecule has 1 aliphatic carbocycles. The molecule has 5 heterocycles. The predicted octanol–water partition coefficient (Wildman–Crippen LogP) is 11.8. The standard InChI is InChI=1S/C35H31NS4/c1-21-17-28(23(3)39-21)30-19-26(20-31(30)29-18-22(2)40-24(29)4)25-9-11-27(12-10-25)36-32(34-7-5-15-37-34)13-14-33(36)35-8-6-16-38-35/h5-18,26H,19-20H2,1-4H3. The Hall–Kier alpha value is -2.96. The number of hydrogen-bond acceptors (Lipinski definition) is 4. The molecule has 1 aliphatic rings. The number of aryl methyl sites for hydroxylation is 4. The lowest BCUT2D eigenvalue weighted by molar-refractivity contribution is 0.764. The lowest BCUT2D eigenvalue weighted by Crippen LogP contribution is -2.00. The van der Waals surface area contributed by atoms with Crippen molar-refractivity contribution in [2.45, 2.75) is 46.5 Å². The number of allylic oxidation sites excluding steroid dienone is 2. The zero-order chi connectivity index (χ0) is 27.4. The Morgan fingerprint density at radius 2 is 1.12 bits per heavy atom. The van der Waals surface area contributed by atoms with Crippen molar-refractivity contribution in [2.24, 2.45) is 0 Å². The quantitative estimate of drug-likeness (QED) is 0.181. The van der Waals surface area contributed by atoms with E-state index in [4.69, 9.17) is 0 Å². The van der Waals surface area contributed by atoms with Gasteiger partial charge in [-0.1, -0.05) is 24.3 Å². The van der Waals surface area contributed by atoms with Gasteiger partial charge < -0.3 is 4.57 Å². The van der Waals surface area contributed by atoms with Crippen molar-refractivity contribution in [3.05, 3.63) is 120 Å². The van der Waals surface area contributed by atoms with Crippen molar-refractivity contribution in [3.63, 3.8) is 0 Å². The molecule has 40 heavy (non-hydrogen) atoms. The third kappa shape index (κ3) is 4.59. The Balaban J connectivity index is 1.26. The topological polar surface area (TPSA) is 4.93 Å². The first-order valence-electron chi connectivity index (χ1n) is 13.7. The van der Waals surface area contributed by atoms with E-state index in [1.54, 1.807) is 33.8 Å². The van der Waals surface area contributed by atoms with Crippen molar-refractivity contribution in [3.8, 4) is 26.8 Å². The normalized spacial score (nSPS) is 14.1. The Labute approximate surface area is 252 Å². The van der Waals surface area contributed by atoms with Gasteiger partial charge in [-0.05, 0) is 134 Å². The monoisotopic (exact) mass is 593 g/mol. The average molecular weight is 594 g/mol. The van der Waals surface area contributed by atoms with Crippen molar-refractivity contribution in [2.75, 3.05) is 0 Å². The highest BCUT2D eigenvalue weighted by molar-refractivity contribution is 7.14. The van der Waals surface area contributed by atoms with Crippen molar-refractivity contribution < 1.29 is 0 Å². The highest BCUT2D eigenvalue weighted by Gasteiger charge is 2.30. The fourth-order valence-electron chi connectivity index (χ4n) is 6.30. The summed E-state index contributed by atoms with van der Waals surface area (Å²) < 4.78 is 2.43. The Bertz CT molecular complexity index is 1710. The molecule has 0 aliphatic heterocycles. The highest BCUT2D eigenvalue weighted by atomic mass is 32.1. The zero-order valence-corrected chi connectivity index (χ0v) is 26.4. The maximum absolute atomic E-state index is 2.43. The number of benzene rings is 1. The van der Waals surface area contributed by atoms with E-state index in [-0.39, 0.29) is 0 Å². The smallest absolute Gasteiger partial charge is 0.0635 e. The van der Waals surface area contributed by atoms with Crippen molar-refractivity contribution in [1.82, 2.24) is 4.57 Å². The molecule has 0 atom stereocenters. The van der Waals surface area contributed by atoms with E-state index in [0.29, 0.717) is 5.92 Å². The summed E-state index contributed by atoms with van der Waals surface area (Å²) in [7, 11) is 0. The van der Waals surface area contributed by atoms with Crippen LogP contribution in [0.25, 0.3) is 38.0 Å². The molecule has 0 unspecified atom stereocenters. The summed E-state index contributed by atoms with van der Waals surface area (Å²) in [6.45, 7) is 9.06. The minimum Gasteiger partial charge on any atom is -0.308 e. The van der Waals surface area contributed by atoms with E-state index < -0.39 is 0 Å². The molecule has 5 aromatic heterocycles.